The average Bonchev–Trinajstić information content (AvgIpc) is 2.48. The normalized spacial score (nSPS) is 14.5. The molecule has 0 radical (unpaired) electrons. The molecule has 1 unspecified atom stereocenters. The molecule has 0 aliphatic carbocycles. The fourth-order valence-electron chi connectivity index (χ4n) is 2.16. The van der Waals surface area contributed by atoms with E-state index in [4.69, 9.17) is 0 Å². The van der Waals surface area contributed by atoms with E-state index < -0.39 is 11.0 Å². The maximum Gasteiger partial charge on any atom is 0.0975 e. The minimum Gasteiger partial charge on any atom is -0.242 e. The van der Waals surface area contributed by atoms with Crippen molar-refractivity contribution in [2.45, 2.75) is 44.9 Å². The minimum atomic E-state index is -1.05. The summed E-state index contributed by atoms with van der Waals surface area (Å²) in [7, 11) is -1.05. The first-order chi connectivity index (χ1) is 10.4. The van der Waals surface area contributed by atoms with Crippen molar-refractivity contribution in [2.24, 2.45) is 0 Å². The van der Waals surface area contributed by atoms with E-state index in [2.05, 4.69) is 60.2 Å². The highest BCUT2D eigenvalue weighted by Crippen LogP contribution is 2.18. The molecule has 2 atom stereocenters. The van der Waals surface area contributed by atoms with Gasteiger partial charge >= 0.3 is 0 Å². The number of hydrogen-bond donors (Lipinski definition) is 1. The van der Waals surface area contributed by atoms with Crippen molar-refractivity contribution in [1.29, 1.82) is 0 Å². The van der Waals surface area contributed by atoms with Crippen molar-refractivity contribution in [1.82, 2.24) is 4.72 Å². The van der Waals surface area contributed by atoms with Gasteiger partial charge < -0.3 is 0 Å². The van der Waals surface area contributed by atoms with E-state index in [9.17, 15) is 4.21 Å². The van der Waals surface area contributed by atoms with Crippen LogP contribution >= 0.6 is 0 Å². The van der Waals surface area contributed by atoms with Gasteiger partial charge in [-0.1, -0.05) is 54.6 Å². The van der Waals surface area contributed by atoms with Crippen LogP contribution in [0.1, 0.15) is 50.4 Å². The molecule has 0 amide bonds. The molecule has 0 bridgehead atoms. The predicted octanol–water partition coefficient (Wildman–Crippen LogP) is 4.39. The Balaban J connectivity index is 2.01. The van der Waals surface area contributed by atoms with Crippen LogP contribution in [-0.2, 0) is 17.4 Å². The maximum atomic E-state index is 12.2. The molecule has 1 N–H and O–H groups in total. The van der Waals surface area contributed by atoms with Crippen LogP contribution in [0.2, 0.25) is 0 Å². The van der Waals surface area contributed by atoms with Gasteiger partial charge in [-0.15, -0.1) is 0 Å². The Morgan fingerprint density at radius 1 is 0.955 bits per heavy atom. The second kappa shape index (κ2) is 7.21. The summed E-state index contributed by atoms with van der Waals surface area (Å²) in [6, 6.07) is 19.1. The van der Waals surface area contributed by atoms with Crippen LogP contribution in [0.4, 0.5) is 0 Å². The topological polar surface area (TPSA) is 29.1 Å². The second-order valence-corrected chi connectivity index (χ2v) is 8.62. The highest BCUT2D eigenvalue weighted by Gasteiger charge is 2.21. The Morgan fingerprint density at radius 3 is 2.05 bits per heavy atom. The van der Waals surface area contributed by atoms with Crippen LogP contribution in [0, 0.1) is 0 Å². The van der Waals surface area contributed by atoms with E-state index >= 15 is 0 Å². The first-order valence-electron chi connectivity index (χ1n) is 7.67. The molecule has 0 heterocycles. The van der Waals surface area contributed by atoms with Gasteiger partial charge in [0.15, 0.2) is 0 Å². The van der Waals surface area contributed by atoms with Crippen LogP contribution in [0.5, 0.6) is 0 Å². The zero-order valence-corrected chi connectivity index (χ0v) is 14.6. The van der Waals surface area contributed by atoms with Gasteiger partial charge in [0.2, 0.25) is 0 Å². The smallest absolute Gasteiger partial charge is 0.0975 e. The van der Waals surface area contributed by atoms with Crippen molar-refractivity contribution < 1.29 is 4.21 Å². The lowest BCUT2D eigenvalue weighted by Crippen LogP contribution is -2.34. The Labute approximate surface area is 136 Å². The third kappa shape index (κ3) is 4.79. The standard InChI is InChI=1S/C19H25NOS/c1-15(20-22(21)19(2,3)4)18-12-10-17(11-13-18)14-16-8-6-5-7-9-16/h5-13,15,20H,14H2,1-4H3/t15?,22-/m1/s1. The van der Waals surface area contributed by atoms with Gasteiger partial charge in [0, 0.05) is 6.04 Å². The molecule has 0 spiro atoms. The Bertz CT molecular complexity index is 614. The van der Waals surface area contributed by atoms with E-state index in [1.54, 1.807) is 0 Å². The average molecular weight is 315 g/mol. The van der Waals surface area contributed by atoms with Crippen LogP contribution < -0.4 is 4.72 Å². The summed E-state index contributed by atoms with van der Waals surface area (Å²) in [5, 5.41) is 0. The minimum absolute atomic E-state index is 0.0748. The van der Waals surface area contributed by atoms with Crippen LogP contribution in [0.3, 0.4) is 0 Å². The van der Waals surface area contributed by atoms with E-state index in [-0.39, 0.29) is 10.8 Å². The van der Waals surface area contributed by atoms with Crippen molar-refractivity contribution in [3.05, 3.63) is 71.3 Å². The van der Waals surface area contributed by atoms with Crippen molar-refractivity contribution in [2.75, 3.05) is 0 Å². The zero-order chi connectivity index (χ0) is 16.2. The monoisotopic (exact) mass is 315 g/mol. The molecule has 3 heteroatoms. The second-order valence-electron chi connectivity index (χ2n) is 6.62. The van der Waals surface area contributed by atoms with Crippen LogP contribution in [0.25, 0.3) is 0 Å². The SMILES string of the molecule is CC(N[S@](=O)C(C)(C)C)c1ccc(Cc2ccccc2)cc1. The molecule has 0 saturated carbocycles. The van der Waals surface area contributed by atoms with Crippen molar-refractivity contribution >= 4 is 11.0 Å². The van der Waals surface area contributed by atoms with Gasteiger partial charge in [-0.25, -0.2) is 8.93 Å². The number of hydrogen-bond acceptors (Lipinski definition) is 1. The number of benzene rings is 2. The van der Waals surface area contributed by atoms with Gasteiger partial charge in [0.1, 0.15) is 0 Å². The van der Waals surface area contributed by atoms with Gasteiger partial charge in [0.05, 0.1) is 15.7 Å². The van der Waals surface area contributed by atoms with Gasteiger partial charge in [0.25, 0.3) is 0 Å². The largest absolute Gasteiger partial charge is 0.242 e. The van der Waals surface area contributed by atoms with Crippen molar-refractivity contribution in [3.63, 3.8) is 0 Å². The quantitative estimate of drug-likeness (QED) is 0.871. The molecular weight excluding hydrogens is 290 g/mol. The molecule has 2 rings (SSSR count). The number of rotatable bonds is 5. The van der Waals surface area contributed by atoms with E-state index in [0.717, 1.165) is 12.0 Å². The predicted molar refractivity (Wildman–Crippen MR) is 95.1 cm³/mol. The molecule has 22 heavy (non-hydrogen) atoms. The summed E-state index contributed by atoms with van der Waals surface area (Å²) in [4.78, 5) is 0. The summed E-state index contributed by atoms with van der Waals surface area (Å²) < 4.78 is 15.1. The maximum absolute atomic E-state index is 12.2. The highest BCUT2D eigenvalue weighted by atomic mass is 32.2. The van der Waals surface area contributed by atoms with Gasteiger partial charge in [-0.3, -0.25) is 0 Å². The molecule has 0 fully saturated rings. The molecule has 0 saturated heterocycles. The molecule has 2 aromatic rings. The fraction of sp³-hybridized carbons (Fsp3) is 0.368. The fourth-order valence-corrected chi connectivity index (χ4v) is 2.97. The molecular formula is C19H25NOS. The molecule has 118 valence electrons. The molecule has 0 aliphatic heterocycles. The van der Waals surface area contributed by atoms with E-state index in [1.807, 2.05) is 26.8 Å². The molecule has 2 nitrogen and oxygen atoms in total. The lowest BCUT2D eigenvalue weighted by molar-refractivity contribution is 0.616. The van der Waals surface area contributed by atoms with Crippen LogP contribution in [-0.4, -0.2) is 8.96 Å². The van der Waals surface area contributed by atoms with Crippen LogP contribution in [0.15, 0.2) is 54.6 Å². The summed E-state index contributed by atoms with van der Waals surface area (Å²) in [6.07, 6.45) is 0.941. The summed E-state index contributed by atoms with van der Waals surface area (Å²) in [6.45, 7) is 7.99. The highest BCUT2D eigenvalue weighted by molar-refractivity contribution is 7.84. The summed E-state index contributed by atoms with van der Waals surface area (Å²) in [5.74, 6) is 0. The molecule has 2 aromatic carbocycles. The zero-order valence-electron chi connectivity index (χ0n) is 13.8. The Kier molecular flexibility index (Phi) is 5.54. The Hall–Kier alpha value is -1.45. The third-order valence-electron chi connectivity index (χ3n) is 3.57. The Morgan fingerprint density at radius 2 is 1.50 bits per heavy atom. The van der Waals surface area contributed by atoms with E-state index in [0.29, 0.717) is 0 Å². The lowest BCUT2D eigenvalue weighted by atomic mass is 10.0. The number of nitrogens with one attached hydrogen (secondary N) is 1. The molecule has 0 aromatic heterocycles. The summed E-state index contributed by atoms with van der Waals surface area (Å²) in [5.41, 5.74) is 3.77. The molecule has 0 aliphatic rings. The summed E-state index contributed by atoms with van der Waals surface area (Å²) >= 11 is 0. The van der Waals surface area contributed by atoms with Gasteiger partial charge in [-0.05, 0) is 50.8 Å². The first kappa shape index (κ1) is 16.9. The lowest BCUT2D eigenvalue weighted by Gasteiger charge is -2.22. The van der Waals surface area contributed by atoms with E-state index in [1.165, 1.54) is 11.1 Å². The third-order valence-corrected chi connectivity index (χ3v) is 5.25. The van der Waals surface area contributed by atoms with Crippen molar-refractivity contribution in [3.8, 4) is 0 Å². The first-order valence-corrected chi connectivity index (χ1v) is 8.82. The van der Waals surface area contributed by atoms with Gasteiger partial charge in [-0.2, -0.15) is 0 Å².